The number of hydrogen-bond donors (Lipinski definition) is 1. The molecular formula is C19H17ClN4O2. The Kier molecular flexibility index (Phi) is 4.44. The van der Waals surface area contributed by atoms with Crippen LogP contribution in [-0.4, -0.2) is 27.0 Å². The molecule has 2 N–H and O–H groups in total. The van der Waals surface area contributed by atoms with Crippen LogP contribution in [0.4, 0.5) is 0 Å². The van der Waals surface area contributed by atoms with E-state index in [1.165, 1.54) is 5.56 Å². The number of hydrogen-bond acceptors (Lipinski definition) is 5. The summed E-state index contributed by atoms with van der Waals surface area (Å²) in [5.41, 5.74) is 8.73. The lowest BCUT2D eigenvalue weighted by atomic mass is 9.93. The average Bonchev–Trinajstić information content (AvgIpc) is 3.09. The predicted octanol–water partition coefficient (Wildman–Crippen LogP) is 2.80. The first-order chi connectivity index (χ1) is 12.6. The van der Waals surface area contributed by atoms with E-state index in [9.17, 15) is 4.79 Å². The van der Waals surface area contributed by atoms with Crippen molar-refractivity contribution in [2.75, 3.05) is 0 Å². The molecule has 0 saturated heterocycles. The van der Waals surface area contributed by atoms with Gasteiger partial charge in [-0.05, 0) is 29.7 Å². The van der Waals surface area contributed by atoms with Crippen LogP contribution in [0.25, 0.3) is 11.4 Å². The summed E-state index contributed by atoms with van der Waals surface area (Å²) in [7, 11) is 0. The summed E-state index contributed by atoms with van der Waals surface area (Å²) in [6.45, 7) is 0.966. The molecule has 6 nitrogen and oxygen atoms in total. The first-order valence-electron chi connectivity index (χ1n) is 8.29. The summed E-state index contributed by atoms with van der Waals surface area (Å²) in [5, 5.41) is 4.63. The Morgan fingerprint density at radius 1 is 1.23 bits per heavy atom. The Balaban J connectivity index is 1.57. The van der Waals surface area contributed by atoms with Gasteiger partial charge in [-0.25, -0.2) is 0 Å². The molecule has 0 aliphatic carbocycles. The Morgan fingerprint density at radius 3 is 2.81 bits per heavy atom. The van der Waals surface area contributed by atoms with Gasteiger partial charge in [0.15, 0.2) is 0 Å². The third-order valence-electron chi connectivity index (χ3n) is 4.56. The molecule has 1 amide bonds. The smallest absolute Gasteiger partial charge is 0.241 e. The van der Waals surface area contributed by atoms with E-state index in [-0.39, 0.29) is 5.91 Å². The summed E-state index contributed by atoms with van der Waals surface area (Å²) < 4.78 is 5.38. The minimum atomic E-state index is -0.397. The number of nitrogens with zero attached hydrogens (tertiary/aromatic N) is 3. The Morgan fingerprint density at radius 2 is 2.04 bits per heavy atom. The summed E-state index contributed by atoms with van der Waals surface area (Å²) >= 11 is 6.01. The van der Waals surface area contributed by atoms with Crippen LogP contribution in [0.2, 0.25) is 5.02 Å². The van der Waals surface area contributed by atoms with Crippen LogP contribution in [0, 0.1) is 0 Å². The number of benzene rings is 2. The van der Waals surface area contributed by atoms with Gasteiger partial charge in [0.2, 0.25) is 17.6 Å². The maximum atomic E-state index is 11.9. The van der Waals surface area contributed by atoms with Gasteiger partial charge in [0, 0.05) is 17.1 Å². The number of rotatable bonds is 4. The van der Waals surface area contributed by atoms with Gasteiger partial charge in [-0.1, -0.05) is 53.2 Å². The lowest BCUT2D eigenvalue weighted by molar-refractivity contribution is -0.124. The van der Waals surface area contributed by atoms with Crippen molar-refractivity contribution < 1.29 is 9.32 Å². The van der Waals surface area contributed by atoms with Crippen LogP contribution in [0.5, 0.6) is 0 Å². The molecule has 0 saturated carbocycles. The van der Waals surface area contributed by atoms with Crippen molar-refractivity contribution in [3.05, 3.63) is 70.6 Å². The molecule has 0 spiro atoms. The van der Waals surface area contributed by atoms with Crippen molar-refractivity contribution in [2.24, 2.45) is 5.73 Å². The molecule has 26 heavy (non-hydrogen) atoms. The molecular weight excluding hydrogens is 352 g/mol. The van der Waals surface area contributed by atoms with E-state index in [0.717, 1.165) is 11.1 Å². The molecule has 0 bridgehead atoms. The minimum Gasteiger partial charge on any atom is -0.368 e. The topological polar surface area (TPSA) is 85.3 Å². The molecule has 0 radical (unpaired) electrons. The summed E-state index contributed by atoms with van der Waals surface area (Å²) in [4.78, 5) is 18.3. The first kappa shape index (κ1) is 16.8. The normalized spacial score (nSPS) is 17.0. The SMILES string of the molecule is NC(=O)[C@H]1Cc2ccccc2CN1Cc1nc(-c2cccc(Cl)c2)no1. The van der Waals surface area contributed by atoms with Gasteiger partial charge in [0.05, 0.1) is 12.6 Å². The van der Waals surface area contributed by atoms with E-state index in [0.29, 0.717) is 36.2 Å². The number of fused-ring (bicyclic) bond motifs is 1. The molecule has 1 atom stereocenters. The third kappa shape index (κ3) is 3.34. The zero-order chi connectivity index (χ0) is 18.1. The first-order valence-corrected chi connectivity index (χ1v) is 8.66. The number of primary amides is 1. The van der Waals surface area contributed by atoms with Gasteiger partial charge in [-0.2, -0.15) is 4.98 Å². The van der Waals surface area contributed by atoms with Crippen LogP contribution in [0.1, 0.15) is 17.0 Å². The van der Waals surface area contributed by atoms with Crippen molar-refractivity contribution >= 4 is 17.5 Å². The lowest BCUT2D eigenvalue weighted by Crippen LogP contribution is -2.48. The number of halogens is 1. The van der Waals surface area contributed by atoms with Crippen molar-refractivity contribution in [3.63, 3.8) is 0 Å². The zero-order valence-electron chi connectivity index (χ0n) is 13.9. The molecule has 2 heterocycles. The lowest BCUT2D eigenvalue weighted by Gasteiger charge is -2.33. The van der Waals surface area contributed by atoms with E-state index in [1.54, 1.807) is 12.1 Å². The standard InChI is InChI=1S/C19H17ClN4O2/c20-15-7-3-6-13(8-15)19-22-17(26-23-19)11-24-10-14-5-2-1-4-12(14)9-16(24)18(21)25/h1-8,16H,9-11H2,(H2,21,25)/t16-/m1/s1. The fourth-order valence-corrected chi connectivity index (χ4v) is 3.45. The molecule has 4 rings (SSSR count). The number of carbonyl (C=O) groups is 1. The second-order valence-corrected chi connectivity index (χ2v) is 6.75. The van der Waals surface area contributed by atoms with Crippen LogP contribution >= 0.6 is 11.6 Å². The molecule has 1 aromatic heterocycles. The second-order valence-electron chi connectivity index (χ2n) is 6.32. The van der Waals surface area contributed by atoms with Crippen molar-refractivity contribution in [1.82, 2.24) is 15.0 Å². The number of amides is 1. The molecule has 2 aromatic carbocycles. The van der Waals surface area contributed by atoms with E-state index in [1.807, 2.05) is 35.2 Å². The fourth-order valence-electron chi connectivity index (χ4n) is 3.26. The van der Waals surface area contributed by atoms with Crippen LogP contribution in [0.15, 0.2) is 53.1 Å². The van der Waals surface area contributed by atoms with Gasteiger partial charge in [-0.3, -0.25) is 9.69 Å². The number of nitrogens with two attached hydrogens (primary N) is 1. The van der Waals surface area contributed by atoms with Crippen molar-refractivity contribution in [1.29, 1.82) is 0 Å². The highest BCUT2D eigenvalue weighted by molar-refractivity contribution is 6.30. The molecule has 1 aliphatic heterocycles. The minimum absolute atomic E-state index is 0.353. The van der Waals surface area contributed by atoms with Crippen LogP contribution < -0.4 is 5.73 Å². The summed E-state index contributed by atoms with van der Waals surface area (Å²) in [6, 6.07) is 14.9. The van der Waals surface area contributed by atoms with Crippen LogP contribution in [-0.2, 0) is 24.3 Å². The Hall–Kier alpha value is -2.70. The molecule has 3 aromatic rings. The van der Waals surface area contributed by atoms with Crippen molar-refractivity contribution in [3.8, 4) is 11.4 Å². The van der Waals surface area contributed by atoms with E-state index >= 15 is 0 Å². The Labute approximate surface area is 155 Å². The van der Waals surface area contributed by atoms with Crippen molar-refractivity contribution in [2.45, 2.75) is 25.6 Å². The maximum absolute atomic E-state index is 11.9. The van der Waals surface area contributed by atoms with E-state index in [4.69, 9.17) is 21.9 Å². The van der Waals surface area contributed by atoms with E-state index in [2.05, 4.69) is 16.2 Å². The molecule has 0 unspecified atom stereocenters. The molecule has 7 heteroatoms. The highest BCUT2D eigenvalue weighted by Gasteiger charge is 2.31. The largest absolute Gasteiger partial charge is 0.368 e. The average molecular weight is 369 g/mol. The maximum Gasteiger partial charge on any atom is 0.241 e. The highest BCUT2D eigenvalue weighted by atomic mass is 35.5. The third-order valence-corrected chi connectivity index (χ3v) is 4.80. The summed E-state index contributed by atoms with van der Waals surface area (Å²) in [5.74, 6) is 0.551. The Bertz CT molecular complexity index is 956. The fraction of sp³-hybridized carbons (Fsp3) is 0.211. The van der Waals surface area contributed by atoms with Gasteiger partial charge in [-0.15, -0.1) is 0 Å². The van der Waals surface area contributed by atoms with E-state index < -0.39 is 6.04 Å². The van der Waals surface area contributed by atoms with Gasteiger partial charge in [0.1, 0.15) is 0 Å². The van der Waals surface area contributed by atoms with Crippen LogP contribution in [0.3, 0.4) is 0 Å². The second kappa shape index (κ2) is 6.90. The van der Waals surface area contributed by atoms with Gasteiger partial charge in [0.25, 0.3) is 0 Å². The molecule has 132 valence electrons. The zero-order valence-corrected chi connectivity index (χ0v) is 14.7. The van der Waals surface area contributed by atoms with Gasteiger partial charge < -0.3 is 10.3 Å². The predicted molar refractivity (Wildman–Crippen MR) is 97.1 cm³/mol. The molecule has 0 fully saturated rings. The monoisotopic (exact) mass is 368 g/mol. The number of carbonyl (C=O) groups excluding carboxylic acids is 1. The van der Waals surface area contributed by atoms with Gasteiger partial charge >= 0.3 is 0 Å². The molecule has 1 aliphatic rings. The highest BCUT2D eigenvalue weighted by Crippen LogP contribution is 2.25. The number of aromatic nitrogens is 2. The quantitative estimate of drug-likeness (QED) is 0.765. The summed E-state index contributed by atoms with van der Waals surface area (Å²) in [6.07, 6.45) is 0.584.